The molecule has 1 fully saturated rings. The number of hydrogen-bond donors (Lipinski definition) is 0. The van der Waals surface area contributed by atoms with E-state index in [1.165, 1.54) is 6.07 Å². The molecule has 0 radical (unpaired) electrons. The molecule has 0 bridgehead atoms. The number of halogens is 3. The van der Waals surface area contributed by atoms with E-state index in [-0.39, 0.29) is 12.3 Å². The van der Waals surface area contributed by atoms with Gasteiger partial charge in [-0.05, 0) is 36.0 Å². The zero-order valence-electron chi connectivity index (χ0n) is 15.6. The van der Waals surface area contributed by atoms with Gasteiger partial charge in [-0.2, -0.15) is 13.2 Å². The monoisotopic (exact) mass is 391 g/mol. The summed E-state index contributed by atoms with van der Waals surface area (Å²) in [6.45, 7) is 2.42. The van der Waals surface area contributed by atoms with Gasteiger partial charge in [0.15, 0.2) is 0 Å². The first-order valence-corrected chi connectivity index (χ1v) is 9.47. The SMILES string of the molecule is O=C(Cc1cccc(C(F)(F)F)c1)N(Cc1ccccc1)CC1CCOCC1. The number of carbonyl (C=O) groups is 1. The third-order valence-electron chi connectivity index (χ3n) is 5.00. The molecule has 2 aromatic carbocycles. The summed E-state index contributed by atoms with van der Waals surface area (Å²) in [6, 6.07) is 14.7. The Morgan fingerprint density at radius 2 is 1.68 bits per heavy atom. The van der Waals surface area contributed by atoms with Crippen LogP contribution in [0.25, 0.3) is 0 Å². The minimum absolute atomic E-state index is 0.0417. The molecule has 0 aliphatic carbocycles. The summed E-state index contributed by atoms with van der Waals surface area (Å²) in [6.07, 6.45) is -2.67. The van der Waals surface area contributed by atoms with Gasteiger partial charge < -0.3 is 9.64 Å². The summed E-state index contributed by atoms with van der Waals surface area (Å²) < 4.78 is 44.3. The highest BCUT2D eigenvalue weighted by atomic mass is 19.4. The summed E-state index contributed by atoms with van der Waals surface area (Å²) in [5, 5.41) is 0. The molecule has 6 heteroatoms. The molecule has 3 rings (SSSR count). The highest BCUT2D eigenvalue weighted by molar-refractivity contribution is 5.78. The number of carbonyl (C=O) groups excluding carboxylic acids is 1. The molecule has 1 amide bonds. The lowest BCUT2D eigenvalue weighted by Crippen LogP contribution is -2.37. The number of rotatable bonds is 6. The number of hydrogen-bond acceptors (Lipinski definition) is 2. The van der Waals surface area contributed by atoms with E-state index in [1.807, 2.05) is 30.3 Å². The average molecular weight is 391 g/mol. The van der Waals surface area contributed by atoms with Gasteiger partial charge in [0.1, 0.15) is 0 Å². The van der Waals surface area contributed by atoms with Gasteiger partial charge in [0, 0.05) is 26.3 Å². The van der Waals surface area contributed by atoms with E-state index >= 15 is 0 Å². The van der Waals surface area contributed by atoms with Crippen molar-refractivity contribution >= 4 is 5.91 Å². The van der Waals surface area contributed by atoms with Crippen LogP contribution in [0.4, 0.5) is 13.2 Å². The first kappa shape index (κ1) is 20.4. The van der Waals surface area contributed by atoms with E-state index in [0.717, 1.165) is 30.5 Å². The van der Waals surface area contributed by atoms with Gasteiger partial charge in [0.25, 0.3) is 0 Å². The zero-order chi connectivity index (χ0) is 20.0. The van der Waals surface area contributed by atoms with E-state index in [9.17, 15) is 18.0 Å². The van der Waals surface area contributed by atoms with E-state index in [0.29, 0.717) is 37.8 Å². The number of ether oxygens (including phenoxy) is 1. The van der Waals surface area contributed by atoms with Crippen LogP contribution < -0.4 is 0 Å². The normalized spacial score (nSPS) is 15.4. The summed E-state index contributed by atoms with van der Waals surface area (Å²) in [5.41, 5.74) is 0.661. The first-order valence-electron chi connectivity index (χ1n) is 9.47. The van der Waals surface area contributed by atoms with Crippen molar-refractivity contribution in [1.82, 2.24) is 4.90 Å². The van der Waals surface area contributed by atoms with Gasteiger partial charge in [0.05, 0.1) is 12.0 Å². The van der Waals surface area contributed by atoms with Crippen LogP contribution in [0.2, 0.25) is 0 Å². The predicted molar refractivity (Wildman–Crippen MR) is 101 cm³/mol. The Balaban J connectivity index is 1.73. The highest BCUT2D eigenvalue weighted by Crippen LogP contribution is 2.29. The Bertz CT molecular complexity index is 771. The second kappa shape index (κ2) is 9.24. The molecule has 0 unspecified atom stereocenters. The van der Waals surface area contributed by atoms with E-state index in [2.05, 4.69) is 0 Å². The maximum atomic E-state index is 13.0. The van der Waals surface area contributed by atoms with Gasteiger partial charge in [-0.15, -0.1) is 0 Å². The van der Waals surface area contributed by atoms with Crippen LogP contribution in [0.3, 0.4) is 0 Å². The Morgan fingerprint density at radius 1 is 1.00 bits per heavy atom. The third-order valence-corrected chi connectivity index (χ3v) is 5.00. The molecule has 28 heavy (non-hydrogen) atoms. The largest absolute Gasteiger partial charge is 0.416 e. The molecule has 0 atom stereocenters. The molecular weight excluding hydrogens is 367 g/mol. The Morgan fingerprint density at radius 3 is 2.36 bits per heavy atom. The van der Waals surface area contributed by atoms with Crippen molar-refractivity contribution in [3.8, 4) is 0 Å². The zero-order valence-corrected chi connectivity index (χ0v) is 15.6. The molecule has 1 heterocycles. The molecule has 2 aromatic rings. The summed E-state index contributed by atoms with van der Waals surface area (Å²) in [4.78, 5) is 14.7. The van der Waals surface area contributed by atoms with E-state index in [1.54, 1.807) is 11.0 Å². The lowest BCUT2D eigenvalue weighted by molar-refractivity contribution is -0.138. The van der Waals surface area contributed by atoms with Crippen molar-refractivity contribution < 1.29 is 22.7 Å². The molecule has 3 nitrogen and oxygen atoms in total. The van der Waals surface area contributed by atoms with Crippen molar-refractivity contribution in [2.24, 2.45) is 5.92 Å². The van der Waals surface area contributed by atoms with Crippen LogP contribution in [0, 0.1) is 5.92 Å². The number of nitrogens with zero attached hydrogens (tertiary/aromatic N) is 1. The fourth-order valence-electron chi connectivity index (χ4n) is 3.44. The second-order valence-corrected chi connectivity index (χ2v) is 7.19. The maximum Gasteiger partial charge on any atom is 0.416 e. The Labute approximate surface area is 163 Å². The van der Waals surface area contributed by atoms with Gasteiger partial charge in [0.2, 0.25) is 5.91 Å². The number of benzene rings is 2. The van der Waals surface area contributed by atoms with Crippen LogP contribution in [-0.2, 0) is 28.7 Å². The second-order valence-electron chi connectivity index (χ2n) is 7.19. The Hall–Kier alpha value is -2.34. The molecule has 1 aliphatic heterocycles. The van der Waals surface area contributed by atoms with Gasteiger partial charge in [-0.25, -0.2) is 0 Å². The predicted octanol–water partition coefficient (Wildman–Crippen LogP) is 4.70. The quantitative estimate of drug-likeness (QED) is 0.714. The maximum absolute atomic E-state index is 13.0. The number of amides is 1. The van der Waals surface area contributed by atoms with Crippen LogP contribution >= 0.6 is 0 Å². The molecule has 0 saturated carbocycles. The minimum atomic E-state index is -4.41. The summed E-state index contributed by atoms with van der Waals surface area (Å²) >= 11 is 0. The van der Waals surface area contributed by atoms with Gasteiger partial charge >= 0.3 is 6.18 Å². The van der Waals surface area contributed by atoms with Gasteiger partial charge in [-0.1, -0.05) is 48.5 Å². The molecule has 1 saturated heterocycles. The van der Waals surface area contributed by atoms with Crippen molar-refractivity contribution in [2.45, 2.75) is 32.0 Å². The smallest absolute Gasteiger partial charge is 0.381 e. The summed E-state index contributed by atoms with van der Waals surface area (Å²) in [7, 11) is 0. The fourth-order valence-corrected chi connectivity index (χ4v) is 3.44. The van der Waals surface area contributed by atoms with Crippen molar-refractivity contribution in [3.05, 3.63) is 71.3 Å². The fraction of sp³-hybridized carbons (Fsp3) is 0.409. The third kappa shape index (κ3) is 5.83. The van der Waals surface area contributed by atoms with Crippen LogP contribution in [0.1, 0.15) is 29.5 Å². The lowest BCUT2D eigenvalue weighted by Gasteiger charge is -2.30. The van der Waals surface area contributed by atoms with Crippen molar-refractivity contribution in [3.63, 3.8) is 0 Å². The molecule has 0 N–H and O–H groups in total. The summed E-state index contributed by atoms with van der Waals surface area (Å²) in [5.74, 6) is 0.192. The highest BCUT2D eigenvalue weighted by Gasteiger charge is 2.30. The number of alkyl halides is 3. The van der Waals surface area contributed by atoms with Crippen LogP contribution in [0.15, 0.2) is 54.6 Å². The van der Waals surface area contributed by atoms with E-state index in [4.69, 9.17) is 4.74 Å². The molecular formula is C22H24F3NO2. The van der Waals surface area contributed by atoms with Gasteiger partial charge in [-0.3, -0.25) is 4.79 Å². The standard InChI is InChI=1S/C22H24F3NO2/c23-22(24,25)20-8-4-7-19(13-20)14-21(27)26(15-17-5-2-1-3-6-17)16-18-9-11-28-12-10-18/h1-8,13,18H,9-12,14-16H2. The topological polar surface area (TPSA) is 29.5 Å². The average Bonchev–Trinajstić information content (AvgIpc) is 2.69. The molecule has 0 spiro atoms. The van der Waals surface area contributed by atoms with Crippen molar-refractivity contribution in [2.75, 3.05) is 19.8 Å². The molecule has 1 aliphatic rings. The van der Waals surface area contributed by atoms with E-state index < -0.39 is 11.7 Å². The molecule has 0 aromatic heterocycles. The van der Waals surface area contributed by atoms with Crippen LogP contribution in [0.5, 0.6) is 0 Å². The Kier molecular flexibility index (Phi) is 6.73. The van der Waals surface area contributed by atoms with Crippen molar-refractivity contribution in [1.29, 1.82) is 0 Å². The molecule has 150 valence electrons. The van der Waals surface area contributed by atoms with Crippen LogP contribution in [-0.4, -0.2) is 30.6 Å². The first-order chi connectivity index (χ1) is 13.4. The minimum Gasteiger partial charge on any atom is -0.381 e. The lowest BCUT2D eigenvalue weighted by atomic mass is 9.98.